The van der Waals surface area contributed by atoms with Gasteiger partial charge in [-0.05, 0) is 62.8 Å². The number of aliphatic carboxylic acids is 1. The Hall–Kier alpha value is -3.37. The predicted octanol–water partition coefficient (Wildman–Crippen LogP) is 2.56. The minimum Gasteiger partial charge on any atom is -0.483 e. The smallest absolute Gasteiger partial charge is 0.347 e. The van der Waals surface area contributed by atoms with Crippen LogP contribution in [0.2, 0.25) is 0 Å². The van der Waals surface area contributed by atoms with E-state index in [1.807, 2.05) is 25.1 Å². The van der Waals surface area contributed by atoms with Crippen molar-refractivity contribution in [1.29, 1.82) is 0 Å². The number of amides is 2. The van der Waals surface area contributed by atoms with Crippen LogP contribution in [-0.2, 0) is 19.1 Å². The lowest BCUT2D eigenvalue weighted by molar-refractivity contribution is -0.155. The molecule has 1 aromatic rings. The lowest BCUT2D eigenvalue weighted by Crippen LogP contribution is -2.38. The third kappa shape index (κ3) is 11.5. The largest absolute Gasteiger partial charge is 0.483 e. The molecule has 1 rings (SSSR count). The number of nitrogens with two attached hydrogens (primary N) is 2. The molecule has 0 aliphatic rings. The normalized spacial score (nSPS) is 13.7. The Morgan fingerprint density at radius 1 is 1.14 bits per heavy atom. The molecule has 0 fully saturated rings. The molecule has 0 atom stereocenters. The van der Waals surface area contributed by atoms with E-state index in [1.165, 1.54) is 25.0 Å². The second kappa shape index (κ2) is 13.5. The zero-order valence-corrected chi connectivity index (χ0v) is 21.6. The van der Waals surface area contributed by atoms with Crippen molar-refractivity contribution in [2.75, 3.05) is 19.6 Å². The number of benzene rings is 1. The van der Waals surface area contributed by atoms with Crippen LogP contribution in [0.3, 0.4) is 0 Å². The monoisotopic (exact) mass is 502 g/mol. The Kier molecular flexibility index (Phi) is 11.4. The standard InChI is InChI=1S/C25H34N4O5S/c1-16-7-6-8-20(10-16)23(27)28-22(31)14-29(13-21(26)30)12-19(11-18(3)35)9-17(2)15-34-25(4,5)24(32)33/h6-11,15,35H,12-14H2,1-5H3,(H2,26,30)(H,32,33)(H2,27,28,31)/b17-15+,18-11-,19-9+. The van der Waals surface area contributed by atoms with Crippen LogP contribution >= 0.6 is 12.6 Å². The second-order valence-corrected chi connectivity index (χ2v) is 9.38. The lowest BCUT2D eigenvalue weighted by atomic mass is 10.1. The van der Waals surface area contributed by atoms with E-state index in [1.54, 1.807) is 32.1 Å². The van der Waals surface area contributed by atoms with Crippen molar-refractivity contribution in [2.24, 2.45) is 16.5 Å². The molecule has 1 aromatic carbocycles. The summed E-state index contributed by atoms with van der Waals surface area (Å²) in [6, 6.07) is 7.29. The molecule has 0 aliphatic heterocycles. The zero-order chi connectivity index (χ0) is 26.8. The van der Waals surface area contributed by atoms with Gasteiger partial charge in [0.25, 0.3) is 5.91 Å². The third-order valence-electron chi connectivity index (χ3n) is 4.57. The van der Waals surface area contributed by atoms with E-state index in [-0.39, 0.29) is 25.5 Å². The van der Waals surface area contributed by atoms with Crippen LogP contribution in [0.1, 0.15) is 38.8 Å². The molecule has 0 aliphatic carbocycles. The van der Waals surface area contributed by atoms with Gasteiger partial charge in [-0.3, -0.25) is 14.5 Å². The number of allylic oxidation sites excluding steroid dienone is 3. The molecule has 10 heteroatoms. The Balaban J connectivity index is 3.13. The number of carboxylic acids is 1. The van der Waals surface area contributed by atoms with Gasteiger partial charge in [0, 0.05) is 12.1 Å². The number of aliphatic imine (C=N–C) groups is 1. The van der Waals surface area contributed by atoms with Gasteiger partial charge in [0.05, 0.1) is 19.4 Å². The number of ether oxygens (including phenoxy) is 1. The van der Waals surface area contributed by atoms with Crippen LogP contribution in [-0.4, -0.2) is 58.9 Å². The highest BCUT2D eigenvalue weighted by atomic mass is 32.1. The number of carboxylic acid groups (broad SMARTS) is 1. The zero-order valence-electron chi connectivity index (χ0n) is 20.7. The SMILES string of the molecule is C/C(S)=C/C(=C\C(C)=C\OC(C)(C)C(=O)O)CN(CC(N)=O)CC(=O)N=C(N)c1cccc(C)c1. The first-order valence-corrected chi connectivity index (χ1v) is 11.2. The quantitative estimate of drug-likeness (QED) is 0.113. The van der Waals surface area contributed by atoms with E-state index in [4.69, 9.17) is 16.2 Å². The van der Waals surface area contributed by atoms with E-state index in [2.05, 4.69) is 17.6 Å². The highest BCUT2D eigenvalue weighted by Crippen LogP contribution is 2.15. The molecule has 0 aromatic heterocycles. The van der Waals surface area contributed by atoms with Gasteiger partial charge >= 0.3 is 5.97 Å². The fourth-order valence-electron chi connectivity index (χ4n) is 2.89. The maximum atomic E-state index is 12.6. The lowest BCUT2D eigenvalue weighted by Gasteiger charge is -2.21. The van der Waals surface area contributed by atoms with Gasteiger partial charge in [-0.2, -0.15) is 4.99 Å². The number of hydrogen-bond acceptors (Lipinski definition) is 6. The average molecular weight is 503 g/mol. The number of thiol groups is 1. The van der Waals surface area contributed by atoms with Crippen molar-refractivity contribution < 1.29 is 24.2 Å². The third-order valence-corrected chi connectivity index (χ3v) is 4.69. The summed E-state index contributed by atoms with van der Waals surface area (Å²) in [4.78, 5) is 41.7. The van der Waals surface area contributed by atoms with Crippen LogP contribution in [0.4, 0.5) is 0 Å². The number of nitrogens with zero attached hydrogens (tertiary/aromatic N) is 2. The first kappa shape index (κ1) is 29.7. The van der Waals surface area contributed by atoms with E-state index >= 15 is 0 Å². The Morgan fingerprint density at radius 3 is 2.34 bits per heavy atom. The number of amidine groups is 1. The summed E-state index contributed by atoms with van der Waals surface area (Å²) in [6.45, 7) is 8.06. The molecule has 9 nitrogen and oxygen atoms in total. The van der Waals surface area contributed by atoms with Crippen molar-refractivity contribution in [1.82, 2.24) is 4.90 Å². The molecule has 0 unspecified atom stereocenters. The van der Waals surface area contributed by atoms with E-state index in [0.717, 1.165) is 5.56 Å². The molecule has 0 heterocycles. The van der Waals surface area contributed by atoms with Gasteiger partial charge in [0.1, 0.15) is 5.84 Å². The summed E-state index contributed by atoms with van der Waals surface area (Å²) in [5, 5.41) is 9.20. The molecular formula is C25H34N4O5S. The average Bonchev–Trinajstić information content (AvgIpc) is 2.71. The molecule has 0 saturated carbocycles. The number of carbonyl (C=O) groups is 3. The van der Waals surface area contributed by atoms with Crippen molar-refractivity contribution in [3.8, 4) is 0 Å². The van der Waals surface area contributed by atoms with Crippen molar-refractivity contribution in [2.45, 2.75) is 40.2 Å². The van der Waals surface area contributed by atoms with Gasteiger partial charge in [0.15, 0.2) is 5.60 Å². The molecule has 2 amide bonds. The summed E-state index contributed by atoms with van der Waals surface area (Å²) in [5.41, 5.74) is 12.9. The summed E-state index contributed by atoms with van der Waals surface area (Å²) < 4.78 is 5.37. The molecule has 0 saturated heterocycles. The van der Waals surface area contributed by atoms with Gasteiger partial charge in [-0.15, -0.1) is 12.6 Å². The maximum Gasteiger partial charge on any atom is 0.347 e. The number of hydrogen-bond donors (Lipinski definition) is 4. The van der Waals surface area contributed by atoms with Crippen LogP contribution < -0.4 is 11.5 Å². The molecule has 0 spiro atoms. The van der Waals surface area contributed by atoms with E-state index in [9.17, 15) is 19.5 Å². The second-order valence-electron chi connectivity index (χ2n) is 8.67. The number of rotatable bonds is 12. The fraction of sp³-hybridized carbons (Fsp3) is 0.360. The van der Waals surface area contributed by atoms with Crippen molar-refractivity contribution in [3.63, 3.8) is 0 Å². The Bertz CT molecular complexity index is 1070. The molecule has 35 heavy (non-hydrogen) atoms. The first-order chi connectivity index (χ1) is 16.2. The van der Waals surface area contributed by atoms with Crippen LogP contribution in [0.15, 0.2) is 63.7 Å². The van der Waals surface area contributed by atoms with Crippen LogP contribution in [0, 0.1) is 6.92 Å². The van der Waals surface area contributed by atoms with Crippen LogP contribution in [0.5, 0.6) is 0 Å². The molecular weight excluding hydrogens is 468 g/mol. The topological polar surface area (TPSA) is 148 Å². The summed E-state index contributed by atoms with van der Waals surface area (Å²) in [5.74, 6) is -2.17. The maximum absolute atomic E-state index is 12.6. The molecule has 0 radical (unpaired) electrons. The van der Waals surface area contributed by atoms with Crippen LogP contribution in [0.25, 0.3) is 0 Å². The summed E-state index contributed by atoms with van der Waals surface area (Å²) >= 11 is 4.32. The Morgan fingerprint density at radius 2 is 1.80 bits per heavy atom. The molecule has 190 valence electrons. The number of primary amides is 1. The number of aryl methyl sites for hydroxylation is 1. The van der Waals surface area contributed by atoms with E-state index < -0.39 is 23.4 Å². The van der Waals surface area contributed by atoms with Crippen molar-refractivity contribution in [3.05, 3.63) is 69.9 Å². The number of carbonyl (C=O) groups excluding carboxylic acids is 2. The summed E-state index contributed by atoms with van der Waals surface area (Å²) in [6.07, 6.45) is 4.83. The predicted molar refractivity (Wildman–Crippen MR) is 140 cm³/mol. The summed E-state index contributed by atoms with van der Waals surface area (Å²) in [7, 11) is 0. The van der Waals surface area contributed by atoms with E-state index in [0.29, 0.717) is 21.6 Å². The van der Waals surface area contributed by atoms with Gasteiger partial charge in [0.2, 0.25) is 5.91 Å². The highest BCUT2D eigenvalue weighted by molar-refractivity contribution is 7.84. The van der Waals surface area contributed by atoms with Gasteiger partial charge < -0.3 is 21.3 Å². The fourth-order valence-corrected chi connectivity index (χ4v) is 3.06. The van der Waals surface area contributed by atoms with Crippen molar-refractivity contribution >= 4 is 36.2 Å². The molecule has 0 bridgehead atoms. The molecule has 5 N–H and O–H groups in total. The Labute approximate surface area is 211 Å². The first-order valence-electron chi connectivity index (χ1n) is 10.8. The highest BCUT2D eigenvalue weighted by Gasteiger charge is 2.27. The minimum absolute atomic E-state index is 0.0801. The minimum atomic E-state index is -1.40. The van der Waals surface area contributed by atoms with Gasteiger partial charge in [-0.25, -0.2) is 4.79 Å². The van der Waals surface area contributed by atoms with Gasteiger partial charge in [-0.1, -0.05) is 29.8 Å².